The molecule has 0 amide bonds. The average molecular weight is 304 g/mol. The molecule has 2 heterocycles. The second-order valence-electron chi connectivity index (χ2n) is 4.20. The SMILES string of the molecule is CN1CCNCC1CNCc1cc(Br)cs1. The normalized spacial score (nSPS) is 22.5. The zero-order valence-electron chi connectivity index (χ0n) is 9.50. The number of hydrogen-bond donors (Lipinski definition) is 2. The molecule has 90 valence electrons. The minimum atomic E-state index is 0.622. The van der Waals surface area contributed by atoms with E-state index in [9.17, 15) is 0 Å². The summed E-state index contributed by atoms with van der Waals surface area (Å²) in [4.78, 5) is 3.81. The fourth-order valence-corrected chi connectivity index (χ4v) is 3.32. The maximum absolute atomic E-state index is 3.52. The van der Waals surface area contributed by atoms with Gasteiger partial charge in [0.15, 0.2) is 0 Å². The van der Waals surface area contributed by atoms with Gasteiger partial charge in [-0.2, -0.15) is 0 Å². The number of hydrogen-bond acceptors (Lipinski definition) is 4. The first-order valence-corrected chi connectivity index (χ1v) is 7.27. The summed E-state index contributed by atoms with van der Waals surface area (Å²) < 4.78 is 1.19. The van der Waals surface area contributed by atoms with E-state index in [0.29, 0.717) is 6.04 Å². The fourth-order valence-electron chi connectivity index (χ4n) is 1.90. The minimum Gasteiger partial charge on any atom is -0.314 e. The fraction of sp³-hybridized carbons (Fsp3) is 0.636. The van der Waals surface area contributed by atoms with E-state index in [1.54, 1.807) is 11.3 Å². The summed E-state index contributed by atoms with van der Waals surface area (Å²) in [7, 11) is 2.20. The molecule has 1 atom stereocenters. The maximum Gasteiger partial charge on any atom is 0.0342 e. The van der Waals surface area contributed by atoms with Crippen molar-refractivity contribution in [3.8, 4) is 0 Å². The van der Waals surface area contributed by atoms with Gasteiger partial charge in [0.2, 0.25) is 0 Å². The molecule has 1 aromatic heterocycles. The van der Waals surface area contributed by atoms with Gasteiger partial charge in [0.1, 0.15) is 0 Å². The molecule has 1 fully saturated rings. The highest BCUT2D eigenvalue weighted by molar-refractivity contribution is 9.10. The van der Waals surface area contributed by atoms with Crippen LogP contribution in [0.2, 0.25) is 0 Å². The van der Waals surface area contributed by atoms with Crippen LogP contribution >= 0.6 is 27.3 Å². The van der Waals surface area contributed by atoms with E-state index in [4.69, 9.17) is 0 Å². The molecular formula is C11H18BrN3S. The molecule has 0 aliphatic carbocycles. The Bertz CT molecular complexity index is 329. The minimum absolute atomic E-state index is 0.622. The first kappa shape index (κ1) is 12.5. The lowest BCUT2D eigenvalue weighted by molar-refractivity contribution is 0.195. The largest absolute Gasteiger partial charge is 0.314 e. The molecule has 0 bridgehead atoms. The van der Waals surface area contributed by atoms with E-state index >= 15 is 0 Å². The summed E-state index contributed by atoms with van der Waals surface area (Å²) >= 11 is 5.27. The van der Waals surface area contributed by atoms with Gasteiger partial charge in [-0.1, -0.05) is 0 Å². The summed E-state index contributed by atoms with van der Waals surface area (Å²) in [5.41, 5.74) is 0. The van der Waals surface area contributed by atoms with Crippen LogP contribution in [0.5, 0.6) is 0 Å². The van der Waals surface area contributed by atoms with Crippen molar-refractivity contribution in [2.24, 2.45) is 0 Å². The zero-order valence-corrected chi connectivity index (χ0v) is 11.9. The highest BCUT2D eigenvalue weighted by Crippen LogP contribution is 2.19. The van der Waals surface area contributed by atoms with E-state index in [0.717, 1.165) is 32.7 Å². The Balaban J connectivity index is 1.71. The highest BCUT2D eigenvalue weighted by atomic mass is 79.9. The van der Waals surface area contributed by atoms with Crippen molar-refractivity contribution in [1.82, 2.24) is 15.5 Å². The standard InChI is InChI=1S/C11H18BrN3S/c1-15-3-2-13-5-10(15)6-14-7-11-4-9(12)8-16-11/h4,8,10,13-14H,2-3,5-7H2,1H3. The third-order valence-corrected chi connectivity index (χ3v) is 4.64. The first-order chi connectivity index (χ1) is 7.75. The van der Waals surface area contributed by atoms with Crippen LogP contribution in [0.25, 0.3) is 0 Å². The van der Waals surface area contributed by atoms with Crippen LogP contribution in [-0.4, -0.2) is 44.2 Å². The lowest BCUT2D eigenvalue weighted by Crippen LogP contribution is -2.53. The van der Waals surface area contributed by atoms with Crippen molar-refractivity contribution in [3.05, 3.63) is 20.8 Å². The number of piperazine rings is 1. The summed E-state index contributed by atoms with van der Waals surface area (Å²) in [6.45, 7) is 5.39. The lowest BCUT2D eigenvalue weighted by Gasteiger charge is -2.33. The van der Waals surface area contributed by atoms with Gasteiger partial charge in [-0.25, -0.2) is 0 Å². The topological polar surface area (TPSA) is 27.3 Å². The molecule has 0 saturated carbocycles. The Morgan fingerprint density at radius 3 is 3.25 bits per heavy atom. The van der Waals surface area contributed by atoms with Crippen LogP contribution in [0.15, 0.2) is 15.9 Å². The Morgan fingerprint density at radius 2 is 2.56 bits per heavy atom. The number of rotatable bonds is 4. The van der Waals surface area contributed by atoms with Gasteiger partial charge in [-0.15, -0.1) is 11.3 Å². The Kier molecular flexibility index (Phi) is 4.79. The molecule has 1 aromatic rings. The summed E-state index contributed by atoms with van der Waals surface area (Å²) in [6.07, 6.45) is 0. The van der Waals surface area contributed by atoms with Gasteiger partial charge in [0, 0.05) is 53.5 Å². The van der Waals surface area contributed by atoms with Crippen molar-refractivity contribution < 1.29 is 0 Å². The van der Waals surface area contributed by atoms with Crippen molar-refractivity contribution in [1.29, 1.82) is 0 Å². The van der Waals surface area contributed by atoms with Crippen molar-refractivity contribution in [2.75, 3.05) is 33.2 Å². The molecule has 1 aliphatic rings. The molecule has 1 unspecified atom stereocenters. The lowest BCUT2D eigenvalue weighted by atomic mass is 10.2. The van der Waals surface area contributed by atoms with E-state index < -0.39 is 0 Å². The van der Waals surface area contributed by atoms with E-state index in [1.807, 2.05) is 0 Å². The smallest absolute Gasteiger partial charge is 0.0342 e. The predicted molar refractivity (Wildman–Crippen MR) is 73.0 cm³/mol. The van der Waals surface area contributed by atoms with Crippen molar-refractivity contribution in [3.63, 3.8) is 0 Å². The molecule has 0 radical (unpaired) electrons. The molecular weight excluding hydrogens is 286 g/mol. The Morgan fingerprint density at radius 1 is 1.69 bits per heavy atom. The second kappa shape index (κ2) is 6.12. The van der Waals surface area contributed by atoms with E-state index in [2.05, 4.69) is 50.0 Å². The van der Waals surface area contributed by atoms with Crippen LogP contribution < -0.4 is 10.6 Å². The summed E-state index contributed by atoms with van der Waals surface area (Å²) in [6, 6.07) is 2.80. The van der Waals surface area contributed by atoms with Crippen LogP contribution in [0, 0.1) is 0 Å². The predicted octanol–water partition coefficient (Wildman–Crippen LogP) is 1.50. The maximum atomic E-state index is 3.52. The number of thiophene rings is 1. The van der Waals surface area contributed by atoms with Crippen LogP contribution in [0.4, 0.5) is 0 Å². The van der Waals surface area contributed by atoms with Crippen LogP contribution in [0.1, 0.15) is 4.88 Å². The molecule has 0 aromatic carbocycles. The van der Waals surface area contributed by atoms with Gasteiger partial charge >= 0.3 is 0 Å². The van der Waals surface area contributed by atoms with Crippen molar-refractivity contribution in [2.45, 2.75) is 12.6 Å². The van der Waals surface area contributed by atoms with Gasteiger partial charge in [-0.05, 0) is 29.0 Å². The Hall–Kier alpha value is 0.0600. The molecule has 1 aliphatic heterocycles. The molecule has 5 heteroatoms. The third-order valence-electron chi connectivity index (χ3n) is 2.95. The number of nitrogens with zero attached hydrogens (tertiary/aromatic N) is 1. The summed E-state index contributed by atoms with van der Waals surface area (Å²) in [5, 5.41) is 9.08. The molecule has 0 spiro atoms. The summed E-state index contributed by atoms with van der Waals surface area (Å²) in [5.74, 6) is 0. The van der Waals surface area contributed by atoms with Gasteiger partial charge in [-0.3, -0.25) is 4.90 Å². The molecule has 1 saturated heterocycles. The van der Waals surface area contributed by atoms with Gasteiger partial charge < -0.3 is 10.6 Å². The average Bonchev–Trinajstić information content (AvgIpc) is 2.67. The zero-order chi connectivity index (χ0) is 11.4. The van der Waals surface area contributed by atoms with E-state index in [1.165, 1.54) is 9.35 Å². The van der Waals surface area contributed by atoms with E-state index in [-0.39, 0.29) is 0 Å². The second-order valence-corrected chi connectivity index (χ2v) is 6.11. The van der Waals surface area contributed by atoms with Crippen LogP contribution in [-0.2, 0) is 6.54 Å². The number of nitrogens with one attached hydrogen (secondary N) is 2. The third kappa shape index (κ3) is 3.53. The molecule has 16 heavy (non-hydrogen) atoms. The molecule has 3 nitrogen and oxygen atoms in total. The monoisotopic (exact) mass is 303 g/mol. The van der Waals surface area contributed by atoms with Gasteiger partial charge in [0.05, 0.1) is 0 Å². The van der Waals surface area contributed by atoms with Gasteiger partial charge in [0.25, 0.3) is 0 Å². The van der Waals surface area contributed by atoms with Crippen molar-refractivity contribution >= 4 is 27.3 Å². The Labute approximate surface area is 109 Å². The number of halogens is 1. The number of likely N-dealkylation sites (N-methyl/N-ethyl adjacent to an activating group) is 1. The molecule has 2 rings (SSSR count). The molecule has 2 N–H and O–H groups in total. The van der Waals surface area contributed by atoms with Crippen LogP contribution in [0.3, 0.4) is 0 Å². The first-order valence-electron chi connectivity index (χ1n) is 5.60. The quantitative estimate of drug-likeness (QED) is 0.883. The highest BCUT2D eigenvalue weighted by Gasteiger charge is 2.17.